The molecule has 0 bridgehead atoms. The number of amides is 1. The SMILES string of the molecule is CSCCCNC(=O)c1cn(C(C)c2ccccc2)nn1. The van der Waals surface area contributed by atoms with Crippen LogP contribution in [0.5, 0.6) is 0 Å². The van der Waals surface area contributed by atoms with Crippen LogP contribution >= 0.6 is 11.8 Å². The molecule has 0 spiro atoms. The van der Waals surface area contributed by atoms with Gasteiger partial charge in [-0.15, -0.1) is 5.10 Å². The Bertz CT molecular complexity index is 570. The first-order valence-corrected chi connectivity index (χ1v) is 8.35. The summed E-state index contributed by atoms with van der Waals surface area (Å²) in [7, 11) is 0. The van der Waals surface area contributed by atoms with Crippen molar-refractivity contribution in [1.29, 1.82) is 0 Å². The molecular formula is C15H20N4OS. The lowest BCUT2D eigenvalue weighted by molar-refractivity contribution is 0.0948. The summed E-state index contributed by atoms with van der Waals surface area (Å²) in [6.07, 6.45) is 4.71. The van der Waals surface area contributed by atoms with Crippen molar-refractivity contribution >= 4 is 17.7 Å². The van der Waals surface area contributed by atoms with Gasteiger partial charge < -0.3 is 5.32 Å². The second-order valence-electron chi connectivity index (χ2n) is 4.77. The van der Waals surface area contributed by atoms with Crippen molar-refractivity contribution in [2.75, 3.05) is 18.6 Å². The number of thioether (sulfide) groups is 1. The first kappa shape index (κ1) is 15.6. The van der Waals surface area contributed by atoms with Crippen LogP contribution < -0.4 is 5.32 Å². The Hall–Kier alpha value is -1.82. The topological polar surface area (TPSA) is 59.8 Å². The van der Waals surface area contributed by atoms with Crippen LogP contribution in [0, 0.1) is 0 Å². The van der Waals surface area contributed by atoms with Gasteiger partial charge in [0.15, 0.2) is 5.69 Å². The van der Waals surface area contributed by atoms with Crippen LogP contribution in [0.25, 0.3) is 0 Å². The van der Waals surface area contributed by atoms with E-state index in [1.807, 2.05) is 37.3 Å². The van der Waals surface area contributed by atoms with Crippen molar-refractivity contribution < 1.29 is 4.79 Å². The summed E-state index contributed by atoms with van der Waals surface area (Å²) in [5, 5.41) is 10.9. The van der Waals surface area contributed by atoms with Gasteiger partial charge in [-0.25, -0.2) is 4.68 Å². The largest absolute Gasteiger partial charge is 0.351 e. The van der Waals surface area contributed by atoms with E-state index in [-0.39, 0.29) is 11.9 Å². The van der Waals surface area contributed by atoms with E-state index in [1.54, 1.807) is 22.6 Å². The Morgan fingerprint density at radius 3 is 2.86 bits per heavy atom. The fourth-order valence-corrected chi connectivity index (χ4v) is 2.40. The minimum Gasteiger partial charge on any atom is -0.351 e. The van der Waals surface area contributed by atoms with E-state index in [1.165, 1.54) is 0 Å². The number of aromatic nitrogens is 3. The standard InChI is InChI=1S/C15H20N4OS/c1-12(13-7-4-3-5-8-13)19-11-14(17-18-19)15(20)16-9-6-10-21-2/h3-5,7-8,11-12H,6,9-10H2,1-2H3,(H,16,20). The highest BCUT2D eigenvalue weighted by atomic mass is 32.2. The van der Waals surface area contributed by atoms with Crippen molar-refractivity contribution in [3.05, 3.63) is 47.8 Å². The van der Waals surface area contributed by atoms with Gasteiger partial charge in [0, 0.05) is 6.54 Å². The van der Waals surface area contributed by atoms with E-state index in [0.717, 1.165) is 17.7 Å². The molecular weight excluding hydrogens is 284 g/mol. The highest BCUT2D eigenvalue weighted by Crippen LogP contribution is 2.16. The minimum absolute atomic E-state index is 0.0525. The molecule has 1 unspecified atom stereocenters. The molecule has 2 aromatic rings. The van der Waals surface area contributed by atoms with Gasteiger partial charge in [-0.1, -0.05) is 35.5 Å². The molecule has 1 aromatic heterocycles. The summed E-state index contributed by atoms with van der Waals surface area (Å²) in [6, 6.07) is 10.1. The summed E-state index contributed by atoms with van der Waals surface area (Å²) < 4.78 is 1.71. The van der Waals surface area contributed by atoms with Crippen LogP contribution in [0.1, 0.15) is 35.4 Å². The molecule has 0 aliphatic rings. The fourth-order valence-electron chi connectivity index (χ4n) is 1.96. The molecule has 112 valence electrons. The lowest BCUT2D eigenvalue weighted by atomic mass is 10.1. The Balaban J connectivity index is 1.96. The van der Waals surface area contributed by atoms with Crippen molar-refractivity contribution in [3.8, 4) is 0 Å². The number of nitrogens with zero attached hydrogens (tertiary/aromatic N) is 3. The first-order valence-electron chi connectivity index (χ1n) is 6.96. The van der Waals surface area contributed by atoms with Gasteiger partial charge >= 0.3 is 0 Å². The molecule has 5 nitrogen and oxygen atoms in total. The molecule has 6 heteroatoms. The summed E-state index contributed by atoms with van der Waals surface area (Å²) in [4.78, 5) is 11.9. The molecule has 1 heterocycles. The summed E-state index contributed by atoms with van der Waals surface area (Å²) in [6.45, 7) is 2.70. The Morgan fingerprint density at radius 2 is 2.14 bits per heavy atom. The van der Waals surface area contributed by atoms with Gasteiger partial charge in [0.05, 0.1) is 12.2 Å². The third kappa shape index (κ3) is 4.32. The Kier molecular flexibility index (Phi) is 5.80. The number of hydrogen-bond acceptors (Lipinski definition) is 4. The van der Waals surface area contributed by atoms with Gasteiger partial charge in [0.2, 0.25) is 0 Å². The number of carbonyl (C=O) groups excluding carboxylic acids is 1. The molecule has 0 fully saturated rings. The average Bonchev–Trinajstić information content (AvgIpc) is 3.01. The zero-order valence-electron chi connectivity index (χ0n) is 12.3. The highest BCUT2D eigenvalue weighted by Gasteiger charge is 2.14. The lowest BCUT2D eigenvalue weighted by Crippen LogP contribution is -2.25. The first-order chi connectivity index (χ1) is 10.2. The van der Waals surface area contributed by atoms with E-state index < -0.39 is 0 Å². The summed E-state index contributed by atoms with van der Waals surface area (Å²) in [5.41, 5.74) is 1.50. The number of carbonyl (C=O) groups is 1. The Morgan fingerprint density at radius 1 is 1.38 bits per heavy atom. The lowest BCUT2D eigenvalue weighted by Gasteiger charge is -2.10. The van der Waals surface area contributed by atoms with E-state index >= 15 is 0 Å². The molecule has 1 aromatic carbocycles. The van der Waals surface area contributed by atoms with Crippen LogP contribution in [-0.4, -0.2) is 39.5 Å². The third-order valence-electron chi connectivity index (χ3n) is 3.23. The van der Waals surface area contributed by atoms with E-state index in [4.69, 9.17) is 0 Å². The molecule has 1 N–H and O–H groups in total. The number of benzene rings is 1. The number of hydrogen-bond donors (Lipinski definition) is 1. The molecule has 0 saturated heterocycles. The normalized spacial score (nSPS) is 12.1. The van der Waals surface area contributed by atoms with E-state index in [9.17, 15) is 4.79 Å². The van der Waals surface area contributed by atoms with Crippen molar-refractivity contribution in [1.82, 2.24) is 20.3 Å². The maximum Gasteiger partial charge on any atom is 0.273 e. The molecule has 0 aliphatic heterocycles. The predicted octanol–water partition coefficient (Wildman–Crippen LogP) is 2.37. The third-order valence-corrected chi connectivity index (χ3v) is 3.93. The predicted molar refractivity (Wildman–Crippen MR) is 85.6 cm³/mol. The van der Waals surface area contributed by atoms with Gasteiger partial charge in [0.25, 0.3) is 5.91 Å². The van der Waals surface area contributed by atoms with Crippen LogP contribution in [0.4, 0.5) is 0 Å². The molecule has 2 rings (SSSR count). The van der Waals surface area contributed by atoms with Crippen LogP contribution in [0.2, 0.25) is 0 Å². The smallest absolute Gasteiger partial charge is 0.273 e. The van der Waals surface area contributed by atoms with E-state index in [0.29, 0.717) is 12.2 Å². The second kappa shape index (κ2) is 7.83. The molecule has 0 saturated carbocycles. The van der Waals surface area contributed by atoms with E-state index in [2.05, 4.69) is 21.9 Å². The second-order valence-corrected chi connectivity index (χ2v) is 5.76. The molecule has 0 radical (unpaired) electrons. The van der Waals surface area contributed by atoms with Crippen molar-refractivity contribution in [2.45, 2.75) is 19.4 Å². The van der Waals surface area contributed by atoms with Crippen molar-refractivity contribution in [2.24, 2.45) is 0 Å². The summed E-state index contributed by atoms with van der Waals surface area (Å²) >= 11 is 1.77. The molecule has 0 aliphatic carbocycles. The molecule has 1 amide bonds. The highest BCUT2D eigenvalue weighted by molar-refractivity contribution is 7.98. The van der Waals surface area contributed by atoms with Crippen LogP contribution in [0.15, 0.2) is 36.5 Å². The molecule has 21 heavy (non-hydrogen) atoms. The summed E-state index contributed by atoms with van der Waals surface area (Å²) in [5.74, 6) is 0.875. The van der Waals surface area contributed by atoms with Crippen LogP contribution in [0.3, 0.4) is 0 Å². The monoisotopic (exact) mass is 304 g/mol. The van der Waals surface area contributed by atoms with Gasteiger partial charge in [0.1, 0.15) is 0 Å². The van der Waals surface area contributed by atoms with Gasteiger partial charge in [-0.2, -0.15) is 11.8 Å². The zero-order valence-corrected chi connectivity index (χ0v) is 13.1. The van der Waals surface area contributed by atoms with Crippen molar-refractivity contribution in [3.63, 3.8) is 0 Å². The maximum atomic E-state index is 11.9. The molecule has 1 atom stereocenters. The fraction of sp³-hybridized carbons (Fsp3) is 0.400. The zero-order chi connectivity index (χ0) is 15.1. The minimum atomic E-state index is -0.164. The number of rotatable bonds is 7. The average molecular weight is 304 g/mol. The maximum absolute atomic E-state index is 11.9. The quantitative estimate of drug-likeness (QED) is 0.798. The Labute approximate surface area is 129 Å². The van der Waals surface area contributed by atoms with Crippen LogP contribution in [-0.2, 0) is 0 Å². The van der Waals surface area contributed by atoms with Gasteiger partial charge in [-0.3, -0.25) is 4.79 Å². The van der Waals surface area contributed by atoms with Gasteiger partial charge in [-0.05, 0) is 30.9 Å². The number of nitrogens with one attached hydrogen (secondary N) is 1.